The van der Waals surface area contributed by atoms with Crippen LogP contribution in [0.3, 0.4) is 0 Å². The summed E-state index contributed by atoms with van der Waals surface area (Å²) in [6.45, 7) is 3.93. The highest BCUT2D eigenvalue weighted by Gasteiger charge is 2.36. The van der Waals surface area contributed by atoms with Gasteiger partial charge in [-0.25, -0.2) is 0 Å². The zero-order valence-corrected chi connectivity index (χ0v) is 13.0. The Kier molecular flexibility index (Phi) is 4.69. The molecular formula is C16H23BN2O3. The minimum atomic E-state index is -0.981. The summed E-state index contributed by atoms with van der Waals surface area (Å²) in [5.41, 5.74) is 2.05. The summed E-state index contributed by atoms with van der Waals surface area (Å²) in [5.74, 6) is 0.829. The molecule has 0 unspecified atom stereocenters. The van der Waals surface area contributed by atoms with Crippen LogP contribution in [0.1, 0.15) is 30.4 Å². The predicted octanol–water partition coefficient (Wildman–Crippen LogP) is 0.824. The second-order valence-electron chi connectivity index (χ2n) is 6.35. The molecule has 0 aliphatic carbocycles. The second kappa shape index (κ2) is 6.71. The summed E-state index contributed by atoms with van der Waals surface area (Å²) < 4.78 is 5.60. The number of para-hydroxylation sites is 1. The van der Waals surface area contributed by atoms with Crippen molar-refractivity contribution >= 4 is 13.0 Å². The number of rotatable bonds is 3. The molecule has 118 valence electrons. The minimum Gasteiger partial charge on any atom is -0.534 e. The largest absolute Gasteiger partial charge is 0.547 e. The zero-order valence-electron chi connectivity index (χ0n) is 13.0. The number of carbonyl (C=O) groups excluding carboxylic acids is 1. The normalized spacial score (nSPS) is 21.9. The molecular weight excluding hydrogens is 279 g/mol. The van der Waals surface area contributed by atoms with E-state index >= 15 is 0 Å². The summed E-state index contributed by atoms with van der Waals surface area (Å²) in [4.78, 5) is 12.2. The highest BCUT2D eigenvalue weighted by molar-refractivity contribution is 6.46. The van der Waals surface area contributed by atoms with E-state index in [4.69, 9.17) is 4.65 Å². The molecule has 1 aromatic carbocycles. The lowest BCUT2D eigenvalue weighted by atomic mass is 9.72. The number of hydrogen-bond acceptors (Lipinski definition) is 4. The standard InChI is InChI=1S/C16H23BN2O3/c1-11-3-2-4-13-10-14(17(21)22-16(11)13)19-15(20)9-12-5-7-18-8-6-12/h2-4,12,14,18,21H,5-10H2,1H3,(H,19,20)/t14-/m0/s1. The van der Waals surface area contributed by atoms with Crippen LogP contribution < -0.4 is 15.3 Å². The van der Waals surface area contributed by atoms with Gasteiger partial charge in [-0.05, 0) is 56.3 Å². The minimum absolute atomic E-state index is 0.00986. The van der Waals surface area contributed by atoms with E-state index in [9.17, 15) is 9.82 Å². The Morgan fingerprint density at radius 2 is 2.23 bits per heavy atom. The van der Waals surface area contributed by atoms with Gasteiger partial charge in [0.15, 0.2) is 0 Å². The van der Waals surface area contributed by atoms with E-state index in [0.717, 1.165) is 42.8 Å². The van der Waals surface area contributed by atoms with Crippen LogP contribution in [-0.4, -0.2) is 37.1 Å². The Morgan fingerprint density at radius 1 is 1.45 bits per heavy atom. The van der Waals surface area contributed by atoms with Gasteiger partial charge >= 0.3 is 7.12 Å². The van der Waals surface area contributed by atoms with Gasteiger partial charge in [-0.2, -0.15) is 0 Å². The van der Waals surface area contributed by atoms with Crippen molar-refractivity contribution < 1.29 is 14.5 Å². The van der Waals surface area contributed by atoms with E-state index in [2.05, 4.69) is 10.6 Å². The van der Waals surface area contributed by atoms with Crippen molar-refractivity contribution in [3.8, 4) is 5.75 Å². The molecule has 1 amide bonds. The summed E-state index contributed by atoms with van der Waals surface area (Å²) in [5, 5.41) is 16.4. The molecule has 0 saturated carbocycles. The fourth-order valence-corrected chi connectivity index (χ4v) is 3.32. The van der Waals surface area contributed by atoms with Gasteiger partial charge in [-0.3, -0.25) is 4.79 Å². The van der Waals surface area contributed by atoms with Crippen molar-refractivity contribution in [3.05, 3.63) is 29.3 Å². The molecule has 1 atom stereocenters. The first-order chi connectivity index (χ1) is 10.6. The number of aryl methyl sites for hydroxylation is 1. The molecule has 1 saturated heterocycles. The summed E-state index contributed by atoms with van der Waals surface area (Å²) >= 11 is 0. The van der Waals surface area contributed by atoms with Crippen molar-refractivity contribution in [2.24, 2.45) is 5.92 Å². The van der Waals surface area contributed by atoms with Crippen molar-refractivity contribution in [1.29, 1.82) is 0 Å². The Labute approximate surface area is 131 Å². The fraction of sp³-hybridized carbons (Fsp3) is 0.562. The van der Waals surface area contributed by atoms with Gasteiger partial charge in [-0.1, -0.05) is 18.2 Å². The zero-order chi connectivity index (χ0) is 15.5. The van der Waals surface area contributed by atoms with Crippen LogP contribution in [-0.2, 0) is 11.2 Å². The molecule has 2 aliphatic heterocycles. The summed E-state index contributed by atoms with van der Waals surface area (Å²) in [6, 6.07) is 5.92. The maximum Gasteiger partial charge on any atom is 0.547 e. The molecule has 2 heterocycles. The third-order valence-corrected chi connectivity index (χ3v) is 4.60. The van der Waals surface area contributed by atoms with Crippen LogP contribution in [0, 0.1) is 12.8 Å². The fourth-order valence-electron chi connectivity index (χ4n) is 3.32. The molecule has 2 aliphatic rings. The average Bonchev–Trinajstić information content (AvgIpc) is 2.50. The lowest BCUT2D eigenvalue weighted by Crippen LogP contribution is -2.53. The maximum atomic E-state index is 12.2. The lowest BCUT2D eigenvalue weighted by Gasteiger charge is -2.30. The van der Waals surface area contributed by atoms with Crippen LogP contribution >= 0.6 is 0 Å². The second-order valence-corrected chi connectivity index (χ2v) is 6.35. The number of fused-ring (bicyclic) bond motifs is 1. The number of benzene rings is 1. The van der Waals surface area contributed by atoms with Crippen molar-refractivity contribution in [2.75, 3.05) is 13.1 Å². The van der Waals surface area contributed by atoms with E-state index in [0.29, 0.717) is 18.8 Å². The number of carbonyl (C=O) groups is 1. The molecule has 5 nitrogen and oxygen atoms in total. The Morgan fingerprint density at radius 3 is 3.00 bits per heavy atom. The van der Waals surface area contributed by atoms with E-state index in [1.54, 1.807) is 0 Å². The quantitative estimate of drug-likeness (QED) is 0.723. The molecule has 0 spiro atoms. The van der Waals surface area contributed by atoms with E-state index in [1.165, 1.54) is 0 Å². The van der Waals surface area contributed by atoms with E-state index < -0.39 is 7.12 Å². The molecule has 3 N–H and O–H groups in total. The Bertz CT molecular complexity index is 546. The number of hydrogen-bond donors (Lipinski definition) is 3. The molecule has 1 fully saturated rings. The average molecular weight is 302 g/mol. The highest BCUT2D eigenvalue weighted by Crippen LogP contribution is 2.29. The van der Waals surface area contributed by atoms with Crippen LogP contribution in [0.15, 0.2) is 18.2 Å². The molecule has 0 aromatic heterocycles. The SMILES string of the molecule is Cc1cccc2c1OB(O)[C@@H](NC(=O)CC1CCNCC1)C2. The van der Waals surface area contributed by atoms with Gasteiger partial charge in [0.2, 0.25) is 5.91 Å². The van der Waals surface area contributed by atoms with E-state index in [-0.39, 0.29) is 11.8 Å². The predicted molar refractivity (Wildman–Crippen MR) is 85.6 cm³/mol. The van der Waals surface area contributed by atoms with Gasteiger partial charge in [0.25, 0.3) is 0 Å². The topological polar surface area (TPSA) is 70.6 Å². The molecule has 3 rings (SSSR count). The van der Waals surface area contributed by atoms with Crippen LogP contribution in [0.25, 0.3) is 0 Å². The number of nitrogens with one attached hydrogen (secondary N) is 2. The summed E-state index contributed by atoms with van der Waals surface area (Å²) in [6.07, 6.45) is 3.22. The van der Waals surface area contributed by atoms with E-state index in [1.807, 2.05) is 25.1 Å². The summed E-state index contributed by atoms with van der Waals surface area (Å²) in [7, 11) is -0.981. The third kappa shape index (κ3) is 3.44. The molecule has 22 heavy (non-hydrogen) atoms. The Balaban J connectivity index is 1.59. The number of piperidine rings is 1. The molecule has 6 heteroatoms. The van der Waals surface area contributed by atoms with Crippen molar-refractivity contribution in [1.82, 2.24) is 10.6 Å². The number of amides is 1. The first-order valence-electron chi connectivity index (χ1n) is 8.07. The molecule has 0 radical (unpaired) electrons. The van der Waals surface area contributed by atoms with Gasteiger partial charge in [-0.15, -0.1) is 0 Å². The van der Waals surface area contributed by atoms with Gasteiger partial charge in [0, 0.05) is 6.42 Å². The van der Waals surface area contributed by atoms with Gasteiger partial charge < -0.3 is 20.3 Å². The maximum absolute atomic E-state index is 12.2. The lowest BCUT2D eigenvalue weighted by molar-refractivity contribution is -0.122. The van der Waals surface area contributed by atoms with Crippen molar-refractivity contribution in [2.45, 2.75) is 38.5 Å². The Hall–Kier alpha value is -1.53. The monoisotopic (exact) mass is 302 g/mol. The van der Waals surface area contributed by atoms with Crippen LogP contribution in [0.2, 0.25) is 0 Å². The first-order valence-corrected chi connectivity index (χ1v) is 8.07. The first kappa shape index (κ1) is 15.4. The van der Waals surface area contributed by atoms with Crippen molar-refractivity contribution in [3.63, 3.8) is 0 Å². The van der Waals surface area contributed by atoms with Gasteiger partial charge in [0.05, 0.1) is 5.94 Å². The molecule has 1 aromatic rings. The smallest absolute Gasteiger partial charge is 0.534 e. The third-order valence-electron chi connectivity index (χ3n) is 4.60. The van der Waals surface area contributed by atoms with Crippen LogP contribution in [0.5, 0.6) is 5.75 Å². The highest BCUT2D eigenvalue weighted by atomic mass is 16.5. The van der Waals surface area contributed by atoms with Gasteiger partial charge in [0.1, 0.15) is 5.75 Å². The van der Waals surface area contributed by atoms with Crippen LogP contribution in [0.4, 0.5) is 0 Å². The molecule has 0 bridgehead atoms.